The van der Waals surface area contributed by atoms with E-state index in [0.717, 1.165) is 19.3 Å². The minimum Gasteiger partial charge on any atom is -0.507 e. The monoisotopic (exact) mass is 319 g/mol. The highest BCUT2D eigenvalue weighted by atomic mass is 35.5. The summed E-state index contributed by atoms with van der Waals surface area (Å²) in [5.74, 6) is -0.420. The Balaban J connectivity index is 2.46. The van der Waals surface area contributed by atoms with E-state index < -0.39 is 5.82 Å². The highest BCUT2D eigenvalue weighted by Crippen LogP contribution is 2.26. The lowest BCUT2D eigenvalue weighted by Crippen LogP contribution is -2.06. The predicted octanol–water partition coefficient (Wildman–Crippen LogP) is 5.21. The quantitative estimate of drug-likeness (QED) is 0.575. The minimum atomic E-state index is -0.416. The van der Waals surface area contributed by atoms with Crippen LogP contribution in [0.2, 0.25) is 5.02 Å². The summed E-state index contributed by atoms with van der Waals surface area (Å²) in [6.45, 7) is 2.74. The number of unbranched alkanes of at least 4 members (excludes halogenated alkanes) is 2. The van der Waals surface area contributed by atoms with Gasteiger partial charge in [0, 0.05) is 22.7 Å². The Morgan fingerprint density at radius 2 is 1.91 bits per heavy atom. The number of aromatic hydroxyl groups is 1. The lowest BCUT2D eigenvalue weighted by Gasteiger charge is -2.11. The number of benzene rings is 2. The van der Waals surface area contributed by atoms with Crippen LogP contribution in [-0.4, -0.2) is 17.4 Å². The third kappa shape index (κ3) is 4.08. The summed E-state index contributed by atoms with van der Waals surface area (Å²) in [5.41, 5.74) is 1.59. The Hall–Kier alpha value is -1.87. The molecular weight excluding hydrogens is 301 g/mol. The molecule has 0 aliphatic heterocycles. The second kappa shape index (κ2) is 7.95. The zero-order valence-corrected chi connectivity index (χ0v) is 13.3. The summed E-state index contributed by atoms with van der Waals surface area (Å²) in [6.07, 6.45) is 3.12. The van der Waals surface area contributed by atoms with Gasteiger partial charge < -0.3 is 5.11 Å². The van der Waals surface area contributed by atoms with E-state index in [-0.39, 0.29) is 5.75 Å². The van der Waals surface area contributed by atoms with E-state index in [9.17, 15) is 9.50 Å². The maximum absolute atomic E-state index is 13.6. The number of halogens is 2. The molecule has 0 amide bonds. The van der Waals surface area contributed by atoms with Crippen molar-refractivity contribution in [2.45, 2.75) is 26.2 Å². The van der Waals surface area contributed by atoms with Gasteiger partial charge in [-0.2, -0.15) is 0 Å². The van der Waals surface area contributed by atoms with Crippen LogP contribution in [0.3, 0.4) is 0 Å². The first-order valence-electron chi connectivity index (χ1n) is 7.41. The van der Waals surface area contributed by atoms with Crippen molar-refractivity contribution in [3.05, 3.63) is 64.4 Å². The van der Waals surface area contributed by atoms with Gasteiger partial charge in [0.15, 0.2) is 0 Å². The third-order valence-corrected chi connectivity index (χ3v) is 3.70. The fourth-order valence-corrected chi connectivity index (χ4v) is 2.44. The second-order valence-electron chi connectivity index (χ2n) is 5.08. The van der Waals surface area contributed by atoms with E-state index in [2.05, 4.69) is 11.9 Å². The van der Waals surface area contributed by atoms with Crippen LogP contribution in [-0.2, 0) is 0 Å². The summed E-state index contributed by atoms with van der Waals surface area (Å²) in [7, 11) is 0. The average molecular weight is 320 g/mol. The standard InChI is InChI=1S/C18H19ClFNO/c1-2-3-6-11-21-18(14-7-4-5-8-16(14)19)15-12-13(20)9-10-17(15)22/h4-5,7-10,12,22H,2-3,6,11H2,1H3. The molecule has 116 valence electrons. The molecule has 2 rings (SSSR count). The minimum absolute atomic E-state index is 0.00411. The van der Waals surface area contributed by atoms with Crippen molar-refractivity contribution in [2.75, 3.05) is 6.54 Å². The van der Waals surface area contributed by atoms with E-state index in [1.807, 2.05) is 18.2 Å². The van der Waals surface area contributed by atoms with E-state index in [1.165, 1.54) is 18.2 Å². The van der Waals surface area contributed by atoms with E-state index in [4.69, 9.17) is 11.6 Å². The summed E-state index contributed by atoms with van der Waals surface area (Å²) in [5, 5.41) is 10.6. The molecular formula is C18H19ClFNO. The highest BCUT2D eigenvalue weighted by Gasteiger charge is 2.15. The topological polar surface area (TPSA) is 32.6 Å². The van der Waals surface area contributed by atoms with Gasteiger partial charge in [0.05, 0.1) is 5.71 Å². The maximum atomic E-state index is 13.6. The van der Waals surface area contributed by atoms with Gasteiger partial charge >= 0.3 is 0 Å². The number of hydrogen-bond acceptors (Lipinski definition) is 2. The summed E-state index contributed by atoms with van der Waals surface area (Å²) >= 11 is 6.24. The molecule has 2 aromatic carbocycles. The van der Waals surface area contributed by atoms with Crippen molar-refractivity contribution >= 4 is 17.3 Å². The number of aliphatic imine (C=N–C) groups is 1. The van der Waals surface area contributed by atoms with Gasteiger partial charge in [-0.3, -0.25) is 4.99 Å². The lowest BCUT2D eigenvalue weighted by atomic mass is 10.0. The van der Waals surface area contributed by atoms with E-state index in [0.29, 0.717) is 28.4 Å². The van der Waals surface area contributed by atoms with Crippen LogP contribution < -0.4 is 0 Å². The van der Waals surface area contributed by atoms with Gasteiger partial charge in [-0.1, -0.05) is 49.6 Å². The summed E-state index contributed by atoms with van der Waals surface area (Å²) in [6, 6.07) is 11.1. The predicted molar refractivity (Wildman–Crippen MR) is 89.5 cm³/mol. The van der Waals surface area contributed by atoms with Crippen LogP contribution in [0.15, 0.2) is 47.5 Å². The van der Waals surface area contributed by atoms with Crippen molar-refractivity contribution in [3.8, 4) is 5.75 Å². The fraction of sp³-hybridized carbons (Fsp3) is 0.278. The second-order valence-corrected chi connectivity index (χ2v) is 5.49. The Kier molecular flexibility index (Phi) is 5.96. The molecule has 2 nitrogen and oxygen atoms in total. The SMILES string of the molecule is CCCCCN=C(c1cc(F)ccc1O)c1ccccc1Cl. The average Bonchev–Trinajstić information content (AvgIpc) is 2.51. The van der Waals surface area contributed by atoms with Gasteiger partial charge in [-0.25, -0.2) is 4.39 Å². The molecule has 0 radical (unpaired) electrons. The van der Waals surface area contributed by atoms with Crippen molar-refractivity contribution in [1.82, 2.24) is 0 Å². The van der Waals surface area contributed by atoms with Crippen LogP contribution >= 0.6 is 11.6 Å². The van der Waals surface area contributed by atoms with Crippen LogP contribution in [0.1, 0.15) is 37.3 Å². The third-order valence-electron chi connectivity index (χ3n) is 3.37. The van der Waals surface area contributed by atoms with Gasteiger partial charge in [0.2, 0.25) is 0 Å². The van der Waals surface area contributed by atoms with Crippen molar-refractivity contribution in [3.63, 3.8) is 0 Å². The molecule has 0 aromatic heterocycles. The first kappa shape index (κ1) is 16.5. The summed E-state index contributed by atoms with van der Waals surface area (Å²) in [4.78, 5) is 4.57. The Morgan fingerprint density at radius 1 is 1.14 bits per heavy atom. The molecule has 2 aromatic rings. The number of hydrogen-bond donors (Lipinski definition) is 1. The molecule has 0 aliphatic carbocycles. The van der Waals surface area contributed by atoms with Crippen LogP contribution in [0, 0.1) is 5.82 Å². The van der Waals surface area contributed by atoms with Crippen molar-refractivity contribution in [2.24, 2.45) is 4.99 Å². The molecule has 0 fully saturated rings. The van der Waals surface area contributed by atoms with Crippen LogP contribution in [0.4, 0.5) is 4.39 Å². The van der Waals surface area contributed by atoms with E-state index in [1.54, 1.807) is 6.07 Å². The molecule has 0 aliphatic rings. The van der Waals surface area contributed by atoms with Gasteiger partial charge in [0.25, 0.3) is 0 Å². The molecule has 0 heterocycles. The van der Waals surface area contributed by atoms with Gasteiger partial charge in [-0.15, -0.1) is 0 Å². The first-order valence-corrected chi connectivity index (χ1v) is 7.79. The highest BCUT2D eigenvalue weighted by molar-refractivity contribution is 6.35. The van der Waals surface area contributed by atoms with Crippen LogP contribution in [0.25, 0.3) is 0 Å². The molecule has 0 saturated carbocycles. The van der Waals surface area contributed by atoms with Crippen molar-refractivity contribution < 1.29 is 9.50 Å². The molecule has 0 unspecified atom stereocenters. The zero-order valence-electron chi connectivity index (χ0n) is 12.5. The first-order chi connectivity index (χ1) is 10.6. The molecule has 0 saturated heterocycles. The zero-order chi connectivity index (χ0) is 15.9. The lowest BCUT2D eigenvalue weighted by molar-refractivity contribution is 0.472. The fourth-order valence-electron chi connectivity index (χ4n) is 2.22. The Bertz CT molecular complexity index is 670. The summed E-state index contributed by atoms with van der Waals surface area (Å²) < 4.78 is 13.6. The molecule has 0 spiro atoms. The number of nitrogens with zero attached hydrogens (tertiary/aromatic N) is 1. The molecule has 0 atom stereocenters. The largest absolute Gasteiger partial charge is 0.507 e. The Labute approximate surface area is 135 Å². The number of phenolic OH excluding ortho intramolecular Hbond substituents is 1. The maximum Gasteiger partial charge on any atom is 0.125 e. The van der Waals surface area contributed by atoms with E-state index >= 15 is 0 Å². The van der Waals surface area contributed by atoms with Crippen LogP contribution in [0.5, 0.6) is 5.75 Å². The molecule has 0 bridgehead atoms. The van der Waals surface area contributed by atoms with Gasteiger partial charge in [0.1, 0.15) is 11.6 Å². The Morgan fingerprint density at radius 3 is 2.64 bits per heavy atom. The smallest absolute Gasteiger partial charge is 0.125 e. The number of phenols is 1. The van der Waals surface area contributed by atoms with Gasteiger partial charge in [-0.05, 0) is 30.7 Å². The molecule has 4 heteroatoms. The number of rotatable bonds is 6. The normalized spacial score (nSPS) is 11.7. The molecule has 22 heavy (non-hydrogen) atoms. The van der Waals surface area contributed by atoms with Crippen molar-refractivity contribution in [1.29, 1.82) is 0 Å². The molecule has 1 N–H and O–H groups in total.